The van der Waals surface area contributed by atoms with Gasteiger partial charge < -0.3 is 14.8 Å². The van der Waals surface area contributed by atoms with E-state index in [2.05, 4.69) is 5.32 Å². The second-order valence-electron chi connectivity index (χ2n) is 7.36. The summed E-state index contributed by atoms with van der Waals surface area (Å²) in [4.78, 5) is 38.8. The Hall–Kier alpha value is -3.47. The number of anilines is 1. The molecule has 2 aromatic rings. The number of hydrogen-bond acceptors (Lipinski definition) is 7. The van der Waals surface area contributed by atoms with Crippen molar-refractivity contribution in [2.45, 2.75) is 19.9 Å². The number of ether oxygens (including phenoxy) is 2. The molecule has 1 aliphatic rings. The lowest BCUT2D eigenvalue weighted by molar-refractivity contribution is -0.114. The molecule has 33 heavy (non-hydrogen) atoms. The van der Waals surface area contributed by atoms with Gasteiger partial charge in [-0.2, -0.15) is 0 Å². The fourth-order valence-electron chi connectivity index (χ4n) is 3.61. The standard InChI is InChI=1S/C22H23FN2O7S/c1-5-32-18-10-13(6-9-17(18)31-3)16(11-33(4,29)30)25-21(27)19-14(23)7-8-15(24-12(2)26)20(19)22(25)28/h6-10,16H,5,11H2,1-4H3,(H,24,26)/i3D3. The van der Waals surface area contributed by atoms with E-state index in [0.717, 1.165) is 18.4 Å². The lowest BCUT2D eigenvalue weighted by Gasteiger charge is -2.27. The van der Waals surface area contributed by atoms with Crippen molar-refractivity contribution in [1.29, 1.82) is 0 Å². The van der Waals surface area contributed by atoms with Gasteiger partial charge in [-0.15, -0.1) is 0 Å². The number of carbonyl (C=O) groups excluding carboxylic acids is 3. The lowest BCUT2D eigenvalue weighted by Crippen LogP contribution is -2.38. The van der Waals surface area contributed by atoms with Crippen LogP contribution in [0.25, 0.3) is 0 Å². The van der Waals surface area contributed by atoms with E-state index in [9.17, 15) is 27.2 Å². The van der Waals surface area contributed by atoms with Gasteiger partial charge in [0.1, 0.15) is 15.7 Å². The van der Waals surface area contributed by atoms with E-state index in [1.165, 1.54) is 25.1 Å². The van der Waals surface area contributed by atoms with E-state index >= 15 is 0 Å². The molecule has 0 saturated heterocycles. The first-order chi connectivity index (χ1) is 16.6. The molecular weight excluding hydrogens is 455 g/mol. The van der Waals surface area contributed by atoms with Crippen molar-refractivity contribution in [3.05, 3.63) is 52.8 Å². The van der Waals surface area contributed by atoms with Gasteiger partial charge in [-0.05, 0) is 36.8 Å². The number of imide groups is 1. The van der Waals surface area contributed by atoms with Crippen LogP contribution in [0.15, 0.2) is 30.3 Å². The Balaban J connectivity index is 2.16. The molecule has 1 atom stereocenters. The minimum atomic E-state index is -3.82. The van der Waals surface area contributed by atoms with E-state index in [-0.39, 0.29) is 29.4 Å². The molecule has 0 saturated carbocycles. The van der Waals surface area contributed by atoms with Gasteiger partial charge in [-0.3, -0.25) is 19.3 Å². The molecule has 2 aromatic carbocycles. The molecule has 0 aromatic heterocycles. The molecule has 3 amide bonds. The van der Waals surface area contributed by atoms with E-state index < -0.39 is 63.3 Å². The summed E-state index contributed by atoms with van der Waals surface area (Å²) in [5.74, 6) is -4.63. The van der Waals surface area contributed by atoms with Gasteiger partial charge in [0.25, 0.3) is 11.8 Å². The highest BCUT2D eigenvalue weighted by atomic mass is 32.2. The van der Waals surface area contributed by atoms with Gasteiger partial charge in [0, 0.05) is 13.2 Å². The second-order valence-corrected chi connectivity index (χ2v) is 9.54. The van der Waals surface area contributed by atoms with Gasteiger partial charge in [0.2, 0.25) is 5.91 Å². The molecule has 9 nitrogen and oxygen atoms in total. The minimum absolute atomic E-state index is 0.0636. The van der Waals surface area contributed by atoms with E-state index in [4.69, 9.17) is 13.6 Å². The van der Waals surface area contributed by atoms with Crippen LogP contribution in [-0.4, -0.2) is 56.7 Å². The minimum Gasteiger partial charge on any atom is -0.493 e. The normalized spacial score (nSPS) is 15.9. The van der Waals surface area contributed by atoms with Gasteiger partial charge in [-0.1, -0.05) is 6.07 Å². The van der Waals surface area contributed by atoms with Crippen LogP contribution in [0, 0.1) is 5.82 Å². The average Bonchev–Trinajstić information content (AvgIpc) is 2.99. The van der Waals surface area contributed by atoms with Gasteiger partial charge in [0.15, 0.2) is 11.5 Å². The van der Waals surface area contributed by atoms with E-state index in [1.54, 1.807) is 6.92 Å². The van der Waals surface area contributed by atoms with E-state index in [0.29, 0.717) is 4.90 Å². The SMILES string of the molecule is [2H]C([2H])([2H])Oc1ccc(C(CS(C)(=O)=O)N2C(=O)c3c(F)ccc(NC(C)=O)c3C2=O)cc1OCC. The predicted octanol–water partition coefficient (Wildman–Crippen LogP) is 2.57. The maximum atomic E-state index is 14.7. The molecule has 0 radical (unpaired) electrons. The first kappa shape index (κ1) is 20.2. The van der Waals surface area contributed by atoms with Crippen LogP contribution in [0.5, 0.6) is 11.5 Å². The van der Waals surface area contributed by atoms with Crippen LogP contribution in [0.4, 0.5) is 10.1 Å². The summed E-state index contributed by atoms with van der Waals surface area (Å²) in [5.41, 5.74) is -1.01. The number of benzene rings is 2. The Morgan fingerprint density at radius 1 is 1.18 bits per heavy atom. The molecule has 1 unspecified atom stereocenters. The van der Waals surface area contributed by atoms with Crippen LogP contribution in [0.2, 0.25) is 0 Å². The van der Waals surface area contributed by atoms with E-state index in [1.807, 2.05) is 0 Å². The van der Waals surface area contributed by atoms with Crippen molar-refractivity contribution >= 4 is 33.2 Å². The average molecular weight is 482 g/mol. The molecule has 1 N–H and O–H groups in total. The Bertz CT molecular complexity index is 1350. The summed E-state index contributed by atoms with van der Waals surface area (Å²) in [5, 5.41) is 2.37. The van der Waals surface area contributed by atoms with Crippen molar-refractivity contribution in [2.24, 2.45) is 0 Å². The highest BCUT2D eigenvalue weighted by Gasteiger charge is 2.45. The number of carbonyl (C=O) groups is 3. The number of rotatable bonds is 8. The van der Waals surface area contributed by atoms with Gasteiger partial charge in [0.05, 0.1) is 46.4 Å². The number of amides is 3. The molecular formula is C22H23FN2O7S. The summed E-state index contributed by atoms with van der Waals surface area (Å²) >= 11 is 0. The van der Waals surface area contributed by atoms with Gasteiger partial charge >= 0.3 is 0 Å². The smallest absolute Gasteiger partial charge is 0.265 e. The monoisotopic (exact) mass is 481 g/mol. The molecule has 3 rings (SSSR count). The molecule has 1 heterocycles. The summed E-state index contributed by atoms with van der Waals surface area (Å²) in [6.45, 7) is 2.88. The van der Waals surface area contributed by atoms with Crippen molar-refractivity contribution < 1.29 is 40.8 Å². The Labute approximate surface area is 194 Å². The number of sulfone groups is 1. The number of nitrogens with zero attached hydrogens (tertiary/aromatic N) is 1. The number of nitrogens with one attached hydrogen (secondary N) is 1. The fourth-order valence-corrected chi connectivity index (χ4v) is 4.52. The van der Waals surface area contributed by atoms with Crippen molar-refractivity contribution in [3.63, 3.8) is 0 Å². The lowest BCUT2D eigenvalue weighted by atomic mass is 10.1. The van der Waals surface area contributed by atoms with Gasteiger partial charge in [-0.25, -0.2) is 12.8 Å². The fraction of sp³-hybridized carbons (Fsp3) is 0.318. The Morgan fingerprint density at radius 3 is 2.48 bits per heavy atom. The molecule has 176 valence electrons. The summed E-state index contributed by atoms with van der Waals surface area (Å²) in [6, 6.07) is 4.37. The van der Waals surface area contributed by atoms with Crippen molar-refractivity contribution in [1.82, 2.24) is 4.90 Å². The third-order valence-corrected chi connectivity index (χ3v) is 5.79. The third kappa shape index (κ3) is 4.82. The molecule has 0 fully saturated rings. The zero-order chi connectivity index (χ0) is 27.0. The van der Waals surface area contributed by atoms with Crippen molar-refractivity contribution in [2.75, 3.05) is 31.0 Å². The molecule has 11 heteroatoms. The molecule has 1 aliphatic heterocycles. The zero-order valence-electron chi connectivity index (χ0n) is 21.0. The second kappa shape index (κ2) is 9.18. The summed E-state index contributed by atoms with van der Waals surface area (Å²) in [7, 11) is -6.62. The number of methoxy groups -OCH3 is 1. The summed E-state index contributed by atoms with van der Waals surface area (Å²) in [6.07, 6.45) is 0.900. The highest BCUT2D eigenvalue weighted by molar-refractivity contribution is 7.90. The maximum absolute atomic E-state index is 14.7. The number of fused-ring (bicyclic) bond motifs is 1. The number of hydrogen-bond donors (Lipinski definition) is 1. The Kier molecular flexibility index (Phi) is 5.61. The van der Waals surface area contributed by atoms with Crippen LogP contribution < -0.4 is 14.8 Å². The number of halogens is 1. The van der Waals surface area contributed by atoms with Crippen LogP contribution in [-0.2, 0) is 14.6 Å². The highest BCUT2D eigenvalue weighted by Crippen LogP contribution is 2.39. The molecule has 0 spiro atoms. The van der Waals surface area contributed by atoms with Crippen LogP contribution in [0.3, 0.4) is 0 Å². The van der Waals surface area contributed by atoms with Crippen LogP contribution >= 0.6 is 0 Å². The predicted molar refractivity (Wildman–Crippen MR) is 118 cm³/mol. The Morgan fingerprint density at radius 2 is 1.88 bits per heavy atom. The largest absolute Gasteiger partial charge is 0.493 e. The molecule has 0 bridgehead atoms. The summed E-state index contributed by atoms with van der Waals surface area (Å²) < 4.78 is 71.6. The first-order valence-corrected chi connectivity index (χ1v) is 11.8. The maximum Gasteiger partial charge on any atom is 0.265 e. The third-order valence-electron chi connectivity index (χ3n) is 4.87. The van der Waals surface area contributed by atoms with Crippen LogP contribution in [0.1, 0.15) is 50.3 Å². The quantitative estimate of drug-likeness (QED) is 0.576. The van der Waals surface area contributed by atoms with Crippen molar-refractivity contribution in [3.8, 4) is 11.5 Å². The molecule has 0 aliphatic carbocycles. The zero-order valence-corrected chi connectivity index (χ0v) is 18.8. The first-order valence-electron chi connectivity index (χ1n) is 11.2. The topological polar surface area (TPSA) is 119 Å².